The summed E-state index contributed by atoms with van der Waals surface area (Å²) in [5, 5.41) is 0. The Morgan fingerprint density at radius 3 is 2.37 bits per heavy atom. The van der Waals surface area contributed by atoms with Gasteiger partial charge in [0.25, 0.3) is 0 Å². The molecule has 2 rings (SSSR count). The van der Waals surface area contributed by atoms with Crippen molar-refractivity contribution in [1.82, 2.24) is 0 Å². The average molecular weight is 260 g/mol. The molecule has 2 aromatic rings. The Morgan fingerprint density at radius 1 is 1.16 bits per heavy atom. The molecular weight excluding hydrogens is 230 g/mol. The van der Waals surface area contributed by atoms with Crippen LogP contribution in [0.2, 0.25) is 0 Å². The van der Waals surface area contributed by atoms with Crippen LogP contribution < -0.4 is 4.57 Å². The van der Waals surface area contributed by atoms with Gasteiger partial charge in [0.15, 0.2) is 11.9 Å². The molecule has 0 bridgehead atoms. The Labute approximate surface area is 125 Å². The second-order valence-corrected chi connectivity index (χ2v) is 5.75. The largest absolute Gasteiger partial charge is 0.205 e. The molecule has 1 heterocycles. The lowest BCUT2D eigenvalue weighted by atomic mass is 9.88. The maximum absolute atomic E-state index is 8.36. The van der Waals surface area contributed by atoms with Crippen LogP contribution in [0.15, 0.2) is 42.5 Å². The van der Waals surface area contributed by atoms with Crippen LogP contribution in [0.3, 0.4) is 0 Å². The summed E-state index contributed by atoms with van der Waals surface area (Å²) in [6, 6.07) is 2.95. The van der Waals surface area contributed by atoms with Crippen LogP contribution in [0.1, 0.15) is 40.3 Å². The van der Waals surface area contributed by atoms with E-state index in [0.717, 1.165) is 0 Å². The summed E-state index contributed by atoms with van der Waals surface area (Å²) >= 11 is 0. The van der Waals surface area contributed by atoms with Gasteiger partial charge in [-0.25, -0.2) is 4.57 Å². The van der Waals surface area contributed by atoms with E-state index in [0.29, 0.717) is 5.69 Å². The Balaban J connectivity index is 2.75. The van der Waals surface area contributed by atoms with E-state index in [4.69, 9.17) is 8.22 Å². The molecule has 0 atom stereocenters. The Morgan fingerprint density at radius 2 is 1.79 bits per heavy atom. The summed E-state index contributed by atoms with van der Waals surface area (Å²) in [7, 11) is 1.75. The van der Waals surface area contributed by atoms with Gasteiger partial charge in [0.05, 0.1) is 5.48 Å². The van der Waals surface area contributed by atoms with E-state index in [1.807, 2.05) is 0 Å². The lowest BCUT2D eigenvalue weighted by Gasteiger charge is -2.18. The summed E-state index contributed by atoms with van der Waals surface area (Å²) in [5.41, 5.74) is 0.667. The number of aromatic nitrogens is 1. The van der Waals surface area contributed by atoms with Crippen molar-refractivity contribution in [2.75, 3.05) is 0 Å². The fraction of sp³-hybridized carbons (Fsp3) is 0.389. The third-order valence-electron chi connectivity index (χ3n) is 2.75. The molecule has 0 aliphatic rings. The lowest BCUT2D eigenvalue weighted by molar-refractivity contribution is -0.677. The number of hydrogen-bond donors (Lipinski definition) is 0. The number of nitrogens with zero attached hydrogens (tertiary/aromatic N) is 1. The van der Waals surface area contributed by atoms with E-state index < -0.39 is 11.8 Å². The highest BCUT2D eigenvalue weighted by molar-refractivity contribution is 5.63. The van der Waals surface area contributed by atoms with Crippen molar-refractivity contribution in [3.63, 3.8) is 0 Å². The second kappa shape index (κ2) is 5.16. The topological polar surface area (TPSA) is 3.88 Å². The van der Waals surface area contributed by atoms with Crippen LogP contribution in [-0.2, 0) is 13.4 Å². The molecule has 0 spiro atoms. The fourth-order valence-corrected chi connectivity index (χ4v) is 1.73. The van der Waals surface area contributed by atoms with E-state index in [-0.39, 0.29) is 40.9 Å². The number of rotatable bonds is 2. The first-order chi connectivity index (χ1) is 11.3. The molecule has 0 unspecified atom stereocenters. The Kier molecular flexibility index (Phi) is 2.13. The van der Waals surface area contributed by atoms with Crippen molar-refractivity contribution >= 4 is 0 Å². The van der Waals surface area contributed by atoms with Crippen LogP contribution in [0, 0.1) is 12.3 Å². The smallest absolute Gasteiger partial charge is 0.178 e. The van der Waals surface area contributed by atoms with Crippen molar-refractivity contribution in [2.45, 2.75) is 34.1 Å². The molecule has 0 aliphatic heterocycles. The quantitative estimate of drug-likeness (QED) is 0.717. The fourth-order valence-electron chi connectivity index (χ4n) is 1.73. The molecule has 0 fully saturated rings. The maximum Gasteiger partial charge on any atom is 0.178 e. The van der Waals surface area contributed by atoms with Crippen molar-refractivity contribution in [2.24, 2.45) is 12.5 Å². The molecule has 100 valence electrons. The zero-order chi connectivity index (χ0) is 19.3. The summed E-state index contributed by atoms with van der Waals surface area (Å²) in [5.74, 6) is 0. The zero-order valence-corrected chi connectivity index (χ0v) is 12.2. The molecule has 1 aromatic carbocycles. The predicted octanol–water partition coefficient (Wildman–Crippen LogP) is 4.08. The van der Waals surface area contributed by atoms with Crippen LogP contribution in [0.5, 0.6) is 0 Å². The van der Waals surface area contributed by atoms with Gasteiger partial charge < -0.3 is 0 Å². The highest BCUT2D eigenvalue weighted by atomic mass is 14.9. The minimum atomic E-state index is -1.70. The molecule has 1 aromatic heterocycles. The van der Waals surface area contributed by atoms with E-state index in [9.17, 15) is 0 Å². The maximum atomic E-state index is 8.36. The van der Waals surface area contributed by atoms with Crippen LogP contribution >= 0.6 is 0 Å². The van der Waals surface area contributed by atoms with E-state index >= 15 is 0 Å². The normalized spacial score (nSPS) is 16.9. The van der Waals surface area contributed by atoms with Crippen molar-refractivity contribution in [3.05, 3.63) is 53.8 Å². The van der Waals surface area contributed by atoms with Crippen molar-refractivity contribution < 1.29 is 12.8 Å². The standard InChI is InChI=1S/C18H24N/c1-14-12-17(10-11-19(14)5)16-8-6-15(7-9-16)13-18(2,3)4/h6-12H,13H2,1-5H3/q+1/i8D,9D,10D,12D,13D2. The third kappa shape index (κ3) is 3.66. The van der Waals surface area contributed by atoms with Gasteiger partial charge in [-0.15, -0.1) is 0 Å². The lowest BCUT2D eigenvalue weighted by Crippen LogP contribution is -2.30. The molecular formula is C18H24N+. The van der Waals surface area contributed by atoms with Crippen LogP contribution in [0.4, 0.5) is 0 Å². The molecule has 0 aliphatic carbocycles. The van der Waals surface area contributed by atoms with Crippen LogP contribution in [0.25, 0.3) is 11.1 Å². The number of hydrogen-bond acceptors (Lipinski definition) is 0. The van der Waals surface area contributed by atoms with Gasteiger partial charge >= 0.3 is 0 Å². The van der Waals surface area contributed by atoms with Gasteiger partial charge in [0.2, 0.25) is 0 Å². The molecule has 1 nitrogen and oxygen atoms in total. The summed E-state index contributed by atoms with van der Waals surface area (Å²) < 4.78 is 51.5. The summed E-state index contributed by atoms with van der Waals surface area (Å²) in [6.07, 6.45) is -0.145. The van der Waals surface area contributed by atoms with Gasteiger partial charge in [-0.05, 0) is 28.5 Å². The molecule has 0 saturated heterocycles. The highest BCUT2D eigenvalue weighted by Gasteiger charge is 2.11. The Bertz CT molecular complexity index is 813. The zero-order valence-electron chi connectivity index (χ0n) is 18.2. The first kappa shape index (κ1) is 7.84. The van der Waals surface area contributed by atoms with Gasteiger partial charge in [-0.3, -0.25) is 0 Å². The van der Waals surface area contributed by atoms with E-state index in [1.54, 1.807) is 45.5 Å². The number of pyridine rings is 1. The second-order valence-electron chi connectivity index (χ2n) is 5.75. The number of aryl methyl sites for hydroxylation is 1. The summed E-state index contributed by atoms with van der Waals surface area (Å²) in [4.78, 5) is 0. The Hall–Kier alpha value is -1.63. The minimum absolute atomic E-state index is 0.0362. The molecule has 0 radical (unpaired) electrons. The first-order valence-corrected chi connectivity index (χ1v) is 6.37. The van der Waals surface area contributed by atoms with Gasteiger partial charge in [0.1, 0.15) is 7.05 Å². The minimum Gasteiger partial charge on any atom is -0.205 e. The van der Waals surface area contributed by atoms with E-state index in [1.165, 1.54) is 12.1 Å². The van der Waals surface area contributed by atoms with Crippen molar-refractivity contribution in [1.29, 1.82) is 0 Å². The SMILES string of the molecule is [2H]c1cc(C([2H])([2H])C(C)(C)C)cc([2H])c1-c1c([2H])c[n+](C)c(C)c1[2H]. The van der Waals surface area contributed by atoms with Gasteiger partial charge in [0, 0.05) is 21.8 Å². The number of benzene rings is 1. The van der Waals surface area contributed by atoms with Crippen LogP contribution in [-0.4, -0.2) is 0 Å². The van der Waals surface area contributed by atoms with Gasteiger partial charge in [-0.2, -0.15) is 0 Å². The molecule has 19 heavy (non-hydrogen) atoms. The highest BCUT2D eigenvalue weighted by Crippen LogP contribution is 2.24. The molecule has 0 amide bonds. The summed E-state index contributed by atoms with van der Waals surface area (Å²) in [6.45, 7) is 7.08. The third-order valence-corrected chi connectivity index (χ3v) is 2.75. The molecule has 0 N–H and O–H groups in total. The van der Waals surface area contributed by atoms with Gasteiger partial charge in [-0.1, -0.05) is 45.0 Å². The predicted molar refractivity (Wildman–Crippen MR) is 81.0 cm³/mol. The molecule has 0 saturated carbocycles. The van der Waals surface area contributed by atoms with E-state index in [2.05, 4.69) is 0 Å². The average Bonchev–Trinajstić information content (AvgIpc) is 2.46. The monoisotopic (exact) mass is 260 g/mol. The first-order valence-electron chi connectivity index (χ1n) is 9.37. The molecule has 1 heteroatoms. The van der Waals surface area contributed by atoms with Crippen molar-refractivity contribution in [3.8, 4) is 11.1 Å².